The van der Waals surface area contributed by atoms with E-state index in [1.54, 1.807) is 0 Å². The molecule has 1 saturated heterocycles. The predicted octanol–water partition coefficient (Wildman–Crippen LogP) is 3.87. The van der Waals surface area contributed by atoms with Crippen molar-refractivity contribution in [3.8, 4) is 0 Å². The Labute approximate surface area is 111 Å². The maximum absolute atomic E-state index is 6.14. The summed E-state index contributed by atoms with van der Waals surface area (Å²) in [5.41, 5.74) is 1.09. The lowest BCUT2D eigenvalue weighted by molar-refractivity contribution is 0.0596. The van der Waals surface area contributed by atoms with Crippen molar-refractivity contribution in [1.29, 1.82) is 0 Å². The fourth-order valence-corrected chi connectivity index (χ4v) is 2.65. The summed E-state index contributed by atoms with van der Waals surface area (Å²) in [6.07, 6.45) is 1.89. The van der Waals surface area contributed by atoms with Gasteiger partial charge in [0.15, 0.2) is 0 Å². The van der Waals surface area contributed by atoms with Crippen LogP contribution in [0.3, 0.4) is 0 Å². The van der Waals surface area contributed by atoms with Gasteiger partial charge in [-0.3, -0.25) is 0 Å². The molecule has 1 aliphatic heterocycles. The van der Waals surface area contributed by atoms with E-state index in [1.807, 2.05) is 18.2 Å². The standard InChI is InChI=1S/C12H14Cl2OS/c13-10-1-2-11(14)8(6-10)5-9-7-15-4-3-12(9)16/h1-2,6,9,12,16H,3-5,7H2. The van der Waals surface area contributed by atoms with Gasteiger partial charge in [0.05, 0.1) is 6.61 Å². The van der Waals surface area contributed by atoms with E-state index in [1.165, 1.54) is 0 Å². The minimum atomic E-state index is 0.392. The second-order valence-electron chi connectivity index (χ2n) is 4.13. The van der Waals surface area contributed by atoms with Crippen molar-refractivity contribution < 1.29 is 4.74 Å². The third kappa shape index (κ3) is 3.07. The average Bonchev–Trinajstić information content (AvgIpc) is 2.27. The van der Waals surface area contributed by atoms with Gasteiger partial charge in [0.25, 0.3) is 0 Å². The number of hydrogen-bond acceptors (Lipinski definition) is 2. The Bertz CT molecular complexity index is 370. The van der Waals surface area contributed by atoms with Crippen LogP contribution in [0.15, 0.2) is 18.2 Å². The first kappa shape index (κ1) is 12.6. The first-order valence-corrected chi connectivity index (χ1v) is 6.64. The van der Waals surface area contributed by atoms with Crippen molar-refractivity contribution in [3.05, 3.63) is 33.8 Å². The van der Waals surface area contributed by atoms with Crippen LogP contribution in [0, 0.1) is 5.92 Å². The van der Waals surface area contributed by atoms with Crippen LogP contribution in [-0.2, 0) is 11.2 Å². The largest absolute Gasteiger partial charge is 0.381 e. The molecule has 0 amide bonds. The fourth-order valence-electron chi connectivity index (χ4n) is 1.96. The first-order chi connectivity index (χ1) is 7.66. The molecule has 0 bridgehead atoms. The normalized spacial score (nSPS) is 25.7. The SMILES string of the molecule is SC1CCOCC1Cc1cc(Cl)ccc1Cl. The highest BCUT2D eigenvalue weighted by Crippen LogP contribution is 2.28. The minimum Gasteiger partial charge on any atom is -0.381 e. The first-order valence-electron chi connectivity index (χ1n) is 5.36. The Balaban J connectivity index is 2.10. The predicted molar refractivity (Wildman–Crippen MR) is 71.9 cm³/mol. The summed E-state index contributed by atoms with van der Waals surface area (Å²) in [7, 11) is 0. The summed E-state index contributed by atoms with van der Waals surface area (Å²) in [4.78, 5) is 0. The number of rotatable bonds is 2. The van der Waals surface area contributed by atoms with E-state index in [0.717, 1.165) is 41.7 Å². The van der Waals surface area contributed by atoms with Crippen molar-refractivity contribution in [3.63, 3.8) is 0 Å². The molecule has 0 spiro atoms. The van der Waals surface area contributed by atoms with E-state index in [9.17, 15) is 0 Å². The summed E-state index contributed by atoms with van der Waals surface area (Å²) in [6, 6.07) is 5.58. The van der Waals surface area contributed by atoms with Crippen molar-refractivity contribution in [2.24, 2.45) is 5.92 Å². The molecule has 1 aromatic rings. The maximum atomic E-state index is 6.14. The zero-order chi connectivity index (χ0) is 11.5. The van der Waals surface area contributed by atoms with Crippen LogP contribution in [0.5, 0.6) is 0 Å². The van der Waals surface area contributed by atoms with Gasteiger partial charge in [-0.05, 0) is 42.5 Å². The van der Waals surface area contributed by atoms with Crippen molar-refractivity contribution in [2.75, 3.05) is 13.2 Å². The topological polar surface area (TPSA) is 9.23 Å². The molecule has 2 unspecified atom stereocenters. The lowest BCUT2D eigenvalue weighted by Gasteiger charge is -2.28. The third-order valence-corrected chi connectivity index (χ3v) is 4.21. The van der Waals surface area contributed by atoms with Gasteiger partial charge in [-0.2, -0.15) is 12.6 Å². The Morgan fingerprint density at radius 3 is 2.94 bits per heavy atom. The molecular formula is C12H14Cl2OS. The van der Waals surface area contributed by atoms with E-state index >= 15 is 0 Å². The van der Waals surface area contributed by atoms with E-state index in [0.29, 0.717) is 11.2 Å². The summed E-state index contributed by atoms with van der Waals surface area (Å²) >= 11 is 16.7. The van der Waals surface area contributed by atoms with Gasteiger partial charge in [0.1, 0.15) is 0 Å². The van der Waals surface area contributed by atoms with Gasteiger partial charge >= 0.3 is 0 Å². The average molecular weight is 277 g/mol. The molecule has 16 heavy (non-hydrogen) atoms. The van der Waals surface area contributed by atoms with Crippen molar-refractivity contribution >= 4 is 35.8 Å². The molecule has 4 heteroatoms. The summed E-state index contributed by atoms with van der Waals surface area (Å²) in [5.74, 6) is 0.424. The van der Waals surface area contributed by atoms with Gasteiger partial charge in [0.2, 0.25) is 0 Å². The Morgan fingerprint density at radius 1 is 1.38 bits per heavy atom. The highest BCUT2D eigenvalue weighted by Gasteiger charge is 2.23. The molecule has 1 fully saturated rings. The molecule has 0 aliphatic carbocycles. The molecule has 88 valence electrons. The highest BCUT2D eigenvalue weighted by atomic mass is 35.5. The van der Waals surface area contributed by atoms with Crippen LogP contribution >= 0.6 is 35.8 Å². The van der Waals surface area contributed by atoms with Crippen molar-refractivity contribution in [1.82, 2.24) is 0 Å². The monoisotopic (exact) mass is 276 g/mol. The number of hydrogen-bond donors (Lipinski definition) is 1. The molecule has 2 rings (SSSR count). The van der Waals surface area contributed by atoms with Gasteiger partial charge < -0.3 is 4.74 Å². The van der Waals surface area contributed by atoms with Gasteiger partial charge in [-0.1, -0.05) is 23.2 Å². The number of thiol groups is 1. The molecule has 1 aliphatic rings. The molecule has 0 saturated carbocycles. The summed E-state index contributed by atoms with van der Waals surface area (Å²) in [5, 5.41) is 1.89. The Morgan fingerprint density at radius 2 is 2.19 bits per heavy atom. The molecule has 1 aromatic carbocycles. The number of halogens is 2. The Kier molecular flexibility index (Phi) is 4.42. The van der Waals surface area contributed by atoms with Crippen LogP contribution in [0.4, 0.5) is 0 Å². The quantitative estimate of drug-likeness (QED) is 0.807. The minimum absolute atomic E-state index is 0.392. The van der Waals surface area contributed by atoms with E-state index in [2.05, 4.69) is 12.6 Å². The lowest BCUT2D eigenvalue weighted by Crippen LogP contribution is -2.29. The molecule has 0 aromatic heterocycles. The van der Waals surface area contributed by atoms with Crippen LogP contribution in [0.2, 0.25) is 10.0 Å². The number of ether oxygens (including phenoxy) is 1. The van der Waals surface area contributed by atoms with E-state index in [4.69, 9.17) is 27.9 Å². The second kappa shape index (κ2) is 5.63. The van der Waals surface area contributed by atoms with E-state index in [-0.39, 0.29) is 0 Å². The van der Waals surface area contributed by atoms with Crippen LogP contribution in [0.1, 0.15) is 12.0 Å². The third-order valence-electron chi connectivity index (χ3n) is 2.92. The van der Waals surface area contributed by atoms with Gasteiger partial charge in [-0.25, -0.2) is 0 Å². The van der Waals surface area contributed by atoms with Crippen LogP contribution in [0.25, 0.3) is 0 Å². The molecule has 0 radical (unpaired) electrons. The second-order valence-corrected chi connectivity index (χ2v) is 5.64. The van der Waals surface area contributed by atoms with E-state index < -0.39 is 0 Å². The smallest absolute Gasteiger partial charge is 0.0507 e. The maximum Gasteiger partial charge on any atom is 0.0507 e. The lowest BCUT2D eigenvalue weighted by atomic mass is 9.93. The zero-order valence-corrected chi connectivity index (χ0v) is 11.2. The van der Waals surface area contributed by atoms with Crippen LogP contribution < -0.4 is 0 Å². The fraction of sp³-hybridized carbons (Fsp3) is 0.500. The van der Waals surface area contributed by atoms with Gasteiger partial charge in [-0.15, -0.1) is 0 Å². The number of benzene rings is 1. The summed E-state index contributed by atoms with van der Waals surface area (Å²) < 4.78 is 5.47. The molecule has 2 atom stereocenters. The zero-order valence-electron chi connectivity index (χ0n) is 8.83. The molecule has 1 heterocycles. The van der Waals surface area contributed by atoms with Crippen molar-refractivity contribution in [2.45, 2.75) is 18.1 Å². The van der Waals surface area contributed by atoms with Gasteiger partial charge in [0, 0.05) is 21.9 Å². The summed E-state index contributed by atoms with van der Waals surface area (Å²) in [6.45, 7) is 1.57. The van der Waals surface area contributed by atoms with Crippen LogP contribution in [-0.4, -0.2) is 18.5 Å². The molecule has 0 N–H and O–H groups in total. The molecule has 1 nitrogen and oxygen atoms in total. The molecular weight excluding hydrogens is 263 g/mol. The Hall–Kier alpha value is 0.110. The highest BCUT2D eigenvalue weighted by molar-refractivity contribution is 7.81.